The second-order valence-corrected chi connectivity index (χ2v) is 15.5. The predicted molar refractivity (Wildman–Crippen MR) is 156 cm³/mol. The summed E-state index contributed by atoms with van der Waals surface area (Å²) in [5.41, 5.74) is 0. The number of hydrogen-bond donors (Lipinski definition) is 0. The van der Waals surface area contributed by atoms with Crippen molar-refractivity contribution < 1.29 is 51.9 Å². The van der Waals surface area contributed by atoms with E-state index >= 15 is 0 Å². The van der Waals surface area contributed by atoms with Gasteiger partial charge < -0.3 is 42.3 Å². The van der Waals surface area contributed by atoms with Crippen molar-refractivity contribution in [1.29, 1.82) is 0 Å². The van der Waals surface area contributed by atoms with Gasteiger partial charge in [0, 0.05) is 12.2 Å². The summed E-state index contributed by atoms with van der Waals surface area (Å²) in [6.45, 7) is 19.7. The number of nitrogens with zero attached hydrogens (tertiary/aromatic N) is 1. The zero-order chi connectivity index (χ0) is 30.2. The van der Waals surface area contributed by atoms with Crippen LogP contribution in [0.25, 0.3) is 0 Å². The minimum absolute atomic E-state index is 0.213. The largest absolute Gasteiger partial charge is 0.414 e. The Bertz CT molecular complexity index is 698. The molecule has 0 aromatic rings. The molecule has 0 radical (unpaired) electrons. The summed E-state index contributed by atoms with van der Waals surface area (Å²) in [4.78, 5) is 23.9. The maximum absolute atomic E-state index is 11.4. The van der Waals surface area contributed by atoms with Crippen LogP contribution in [0.4, 0.5) is 0 Å². The van der Waals surface area contributed by atoms with Gasteiger partial charge in [-0.25, -0.2) is 0 Å². The van der Waals surface area contributed by atoms with Crippen LogP contribution < -0.4 is 0 Å². The second kappa shape index (κ2) is 23.2. The Morgan fingerprint density at radius 2 is 0.780 bits per heavy atom. The number of ether oxygens (including phenoxy) is 8. The van der Waals surface area contributed by atoms with Gasteiger partial charge >= 0.3 is 0 Å². The summed E-state index contributed by atoms with van der Waals surface area (Å²) in [7, 11) is -1.70. The minimum atomic E-state index is -1.70. The van der Waals surface area contributed by atoms with Crippen LogP contribution in [0.3, 0.4) is 0 Å². The van der Waals surface area contributed by atoms with Gasteiger partial charge in [0.2, 0.25) is 0 Å². The molecule has 0 saturated carbocycles. The van der Waals surface area contributed by atoms with E-state index in [1.165, 1.54) is 12.2 Å². The van der Waals surface area contributed by atoms with Gasteiger partial charge in [-0.05, 0) is 18.1 Å². The van der Waals surface area contributed by atoms with Crippen molar-refractivity contribution in [1.82, 2.24) is 4.90 Å². The Kier molecular flexibility index (Phi) is 21.4. The van der Waals surface area contributed by atoms with Crippen molar-refractivity contribution in [3.8, 4) is 0 Å². The summed E-state index contributed by atoms with van der Waals surface area (Å²) < 4.78 is 49.7. The molecule has 41 heavy (non-hydrogen) atoms. The highest BCUT2D eigenvalue weighted by Crippen LogP contribution is 2.36. The van der Waals surface area contributed by atoms with Gasteiger partial charge in [-0.1, -0.05) is 20.8 Å². The van der Waals surface area contributed by atoms with Crippen molar-refractivity contribution in [3.63, 3.8) is 0 Å². The third kappa shape index (κ3) is 19.5. The lowest BCUT2D eigenvalue weighted by Gasteiger charge is -2.36. The average molecular weight is 608 g/mol. The van der Waals surface area contributed by atoms with Crippen molar-refractivity contribution in [2.75, 3.05) is 119 Å². The van der Waals surface area contributed by atoms with Crippen LogP contribution >= 0.6 is 0 Å². The third-order valence-electron chi connectivity index (χ3n) is 6.46. The SMILES string of the molecule is CC(C)(C)[Si](C)(C)OCCOCCOCCOCCOCCOCCOCCOCCOCCN1C(=O)C=CC1=O. The Balaban J connectivity index is 1.69. The fraction of sp³-hybridized carbons (Fsp3) is 0.857. The number of imide groups is 1. The minimum Gasteiger partial charge on any atom is -0.414 e. The van der Waals surface area contributed by atoms with Crippen LogP contribution in [0.15, 0.2) is 12.2 Å². The first-order valence-corrected chi connectivity index (χ1v) is 17.4. The van der Waals surface area contributed by atoms with Gasteiger partial charge in [0.05, 0.1) is 119 Å². The molecule has 0 N–H and O–H groups in total. The summed E-state index contributed by atoms with van der Waals surface area (Å²) in [6, 6.07) is 0. The van der Waals surface area contributed by atoms with Gasteiger partial charge in [-0.3, -0.25) is 14.5 Å². The maximum Gasteiger partial charge on any atom is 0.253 e. The summed E-state index contributed by atoms with van der Waals surface area (Å²) in [6.07, 6.45) is 2.52. The lowest BCUT2D eigenvalue weighted by Crippen LogP contribution is -2.41. The summed E-state index contributed by atoms with van der Waals surface area (Å²) in [5, 5.41) is 0.213. The molecule has 12 nitrogen and oxygen atoms in total. The summed E-state index contributed by atoms with van der Waals surface area (Å²) in [5.74, 6) is -0.605. The first-order valence-electron chi connectivity index (χ1n) is 14.4. The Hall–Kier alpha value is -1.26. The van der Waals surface area contributed by atoms with E-state index in [0.29, 0.717) is 106 Å². The first-order chi connectivity index (χ1) is 19.6. The zero-order valence-electron chi connectivity index (χ0n) is 25.8. The Morgan fingerprint density at radius 1 is 0.512 bits per heavy atom. The molecule has 0 saturated heterocycles. The topological polar surface area (TPSA) is 120 Å². The van der Waals surface area contributed by atoms with Crippen LogP contribution in [0.1, 0.15) is 20.8 Å². The number of hydrogen-bond acceptors (Lipinski definition) is 11. The van der Waals surface area contributed by atoms with Gasteiger partial charge in [0.15, 0.2) is 8.32 Å². The van der Waals surface area contributed by atoms with Crippen LogP contribution in [0, 0.1) is 0 Å². The summed E-state index contributed by atoms with van der Waals surface area (Å²) >= 11 is 0. The van der Waals surface area contributed by atoms with Crippen molar-refractivity contribution in [3.05, 3.63) is 12.2 Å². The lowest BCUT2D eigenvalue weighted by atomic mass is 10.2. The van der Waals surface area contributed by atoms with Gasteiger partial charge in [0.1, 0.15) is 0 Å². The molecule has 0 bridgehead atoms. The average Bonchev–Trinajstić information content (AvgIpc) is 3.24. The molecule has 0 fully saturated rings. The number of rotatable bonds is 28. The molecule has 0 aromatic carbocycles. The van der Waals surface area contributed by atoms with E-state index < -0.39 is 8.32 Å². The fourth-order valence-corrected chi connectivity index (χ4v) is 4.05. The lowest BCUT2D eigenvalue weighted by molar-refractivity contribution is -0.137. The highest BCUT2D eigenvalue weighted by Gasteiger charge is 2.36. The van der Waals surface area contributed by atoms with Crippen LogP contribution in [-0.4, -0.2) is 144 Å². The molecule has 1 aliphatic rings. The van der Waals surface area contributed by atoms with E-state index in [2.05, 4.69) is 33.9 Å². The van der Waals surface area contributed by atoms with E-state index in [1.807, 2.05) is 0 Å². The smallest absolute Gasteiger partial charge is 0.253 e. The Labute approximate surface area is 247 Å². The molecule has 1 aliphatic heterocycles. The molecule has 0 spiro atoms. The number of carbonyl (C=O) groups excluding carboxylic acids is 2. The van der Waals surface area contributed by atoms with Crippen LogP contribution in [0.2, 0.25) is 18.1 Å². The third-order valence-corrected chi connectivity index (χ3v) is 11.0. The molecule has 0 aliphatic carbocycles. The van der Waals surface area contributed by atoms with E-state index in [0.717, 1.165) is 4.90 Å². The maximum atomic E-state index is 11.4. The standard InChI is InChI=1S/C28H53NO11Si/c1-28(2,3)41(4,5)40-25-24-39-23-22-38-21-20-37-19-18-36-17-16-35-15-14-34-13-12-33-11-10-32-9-8-29-26(30)6-7-27(29)31/h6-7H,8-25H2,1-5H3. The zero-order valence-corrected chi connectivity index (χ0v) is 26.8. The molecule has 1 rings (SSSR count). The first kappa shape index (κ1) is 37.8. The monoisotopic (exact) mass is 607 g/mol. The molecular formula is C28H53NO11Si. The highest BCUT2D eigenvalue weighted by atomic mass is 28.4. The fourth-order valence-electron chi connectivity index (χ4n) is 3.02. The molecule has 0 unspecified atom stereocenters. The molecule has 0 aromatic heterocycles. The van der Waals surface area contributed by atoms with Gasteiger partial charge in [-0.15, -0.1) is 0 Å². The van der Waals surface area contributed by atoms with E-state index in [4.69, 9.17) is 42.3 Å². The molecule has 13 heteroatoms. The van der Waals surface area contributed by atoms with Crippen molar-refractivity contribution >= 4 is 20.1 Å². The van der Waals surface area contributed by atoms with E-state index in [-0.39, 0.29) is 30.0 Å². The van der Waals surface area contributed by atoms with Crippen molar-refractivity contribution in [2.24, 2.45) is 0 Å². The highest BCUT2D eigenvalue weighted by molar-refractivity contribution is 6.74. The second-order valence-electron chi connectivity index (χ2n) is 10.7. The van der Waals surface area contributed by atoms with Gasteiger partial charge in [-0.2, -0.15) is 0 Å². The van der Waals surface area contributed by atoms with Crippen LogP contribution in [0.5, 0.6) is 0 Å². The molecule has 240 valence electrons. The van der Waals surface area contributed by atoms with Crippen LogP contribution in [-0.2, 0) is 51.9 Å². The molecule has 0 atom stereocenters. The van der Waals surface area contributed by atoms with E-state index in [9.17, 15) is 9.59 Å². The van der Waals surface area contributed by atoms with Gasteiger partial charge in [0.25, 0.3) is 11.8 Å². The predicted octanol–water partition coefficient (Wildman–Crippen LogP) is 2.07. The molecular weight excluding hydrogens is 554 g/mol. The molecule has 1 heterocycles. The molecule has 2 amide bonds. The Morgan fingerprint density at radius 3 is 1.07 bits per heavy atom. The normalized spacial score (nSPS) is 14.1. The van der Waals surface area contributed by atoms with Crippen molar-refractivity contribution in [2.45, 2.75) is 38.9 Å². The number of amides is 2. The quantitative estimate of drug-likeness (QED) is 0.0738. The number of carbonyl (C=O) groups is 2. The van der Waals surface area contributed by atoms with E-state index in [1.54, 1.807) is 0 Å².